The zero-order valence-electron chi connectivity index (χ0n) is 8.66. The van der Waals surface area contributed by atoms with Crippen LogP contribution < -0.4 is 0 Å². The van der Waals surface area contributed by atoms with Crippen LogP contribution >= 0.6 is 0 Å². The van der Waals surface area contributed by atoms with E-state index >= 15 is 0 Å². The summed E-state index contributed by atoms with van der Waals surface area (Å²) in [5, 5.41) is 0. The quantitative estimate of drug-likeness (QED) is 0.658. The third kappa shape index (κ3) is 3.40. The molecule has 0 radical (unpaired) electrons. The summed E-state index contributed by atoms with van der Waals surface area (Å²) in [7, 11) is -2.89. The van der Waals surface area contributed by atoms with E-state index in [1.165, 1.54) is 0 Å². The molecule has 0 aromatic rings. The average Bonchev–Trinajstić information content (AvgIpc) is 2.46. The lowest BCUT2D eigenvalue weighted by molar-refractivity contribution is -0.122. The highest BCUT2D eigenvalue weighted by Crippen LogP contribution is 2.21. The predicted octanol–water partition coefficient (Wildman–Crippen LogP) is 1.57. The Hall–Kier alpha value is -0.380. The van der Waals surface area contributed by atoms with Crippen molar-refractivity contribution in [3.8, 4) is 0 Å². The summed E-state index contributed by atoms with van der Waals surface area (Å²) in [6.07, 6.45) is 4.18. The van der Waals surface area contributed by atoms with E-state index in [2.05, 4.69) is 6.92 Å². The molecule has 1 heterocycles. The third-order valence-electron chi connectivity index (χ3n) is 2.71. The highest BCUT2D eigenvalue weighted by Gasteiger charge is 2.32. The zero-order valence-corrected chi connectivity index (χ0v) is 9.48. The van der Waals surface area contributed by atoms with Gasteiger partial charge in [0.25, 0.3) is 0 Å². The molecule has 0 N–H and O–H groups in total. The summed E-state index contributed by atoms with van der Waals surface area (Å²) in [6.45, 7) is 2.09. The van der Waals surface area contributed by atoms with Crippen LogP contribution in [0.3, 0.4) is 0 Å². The minimum absolute atomic E-state index is 0.0952. The molecule has 0 aromatic heterocycles. The second kappa shape index (κ2) is 4.91. The van der Waals surface area contributed by atoms with Crippen molar-refractivity contribution in [2.24, 2.45) is 5.92 Å². The molecule has 1 aliphatic heterocycles. The van der Waals surface area contributed by atoms with E-state index in [9.17, 15) is 13.2 Å². The van der Waals surface area contributed by atoms with Crippen molar-refractivity contribution < 1.29 is 13.2 Å². The highest BCUT2D eigenvalue weighted by molar-refractivity contribution is 7.91. The number of hydrogen-bond donors (Lipinski definition) is 0. The summed E-state index contributed by atoms with van der Waals surface area (Å²) >= 11 is 0. The van der Waals surface area contributed by atoms with Gasteiger partial charge >= 0.3 is 0 Å². The number of carbonyl (C=O) groups is 1. The van der Waals surface area contributed by atoms with Gasteiger partial charge in [0.15, 0.2) is 9.84 Å². The zero-order chi connectivity index (χ0) is 10.6. The molecule has 1 rings (SSSR count). The van der Waals surface area contributed by atoms with Gasteiger partial charge in [-0.2, -0.15) is 0 Å². The predicted molar refractivity (Wildman–Crippen MR) is 55.9 cm³/mol. The van der Waals surface area contributed by atoms with Gasteiger partial charge in [-0.15, -0.1) is 0 Å². The number of Topliss-reactive ketones (excluding diaryl/α,β-unsaturated/α-hetero) is 1. The highest BCUT2D eigenvalue weighted by atomic mass is 32.2. The summed E-state index contributed by atoms with van der Waals surface area (Å²) in [4.78, 5) is 11.5. The molecule has 1 unspecified atom stereocenters. The summed E-state index contributed by atoms with van der Waals surface area (Å²) in [5.41, 5.74) is 0. The molecule has 0 aliphatic carbocycles. The van der Waals surface area contributed by atoms with E-state index in [4.69, 9.17) is 0 Å². The minimum atomic E-state index is -2.89. The van der Waals surface area contributed by atoms with Crippen LogP contribution in [0.25, 0.3) is 0 Å². The molecular weight excluding hydrogens is 200 g/mol. The molecule has 0 saturated carbocycles. The molecule has 0 amide bonds. The Balaban J connectivity index is 2.33. The van der Waals surface area contributed by atoms with E-state index < -0.39 is 9.84 Å². The first-order chi connectivity index (χ1) is 6.55. The Morgan fingerprint density at radius 1 is 1.36 bits per heavy atom. The lowest BCUT2D eigenvalue weighted by Gasteiger charge is -2.05. The van der Waals surface area contributed by atoms with Gasteiger partial charge in [-0.1, -0.05) is 19.8 Å². The van der Waals surface area contributed by atoms with Crippen molar-refractivity contribution in [1.29, 1.82) is 0 Å². The lowest BCUT2D eigenvalue weighted by Crippen LogP contribution is -2.15. The number of ketones is 1. The van der Waals surface area contributed by atoms with Gasteiger partial charge in [0.1, 0.15) is 5.78 Å². The smallest absolute Gasteiger partial charge is 0.151 e. The van der Waals surface area contributed by atoms with Crippen LogP contribution in [0.15, 0.2) is 0 Å². The first-order valence-corrected chi connectivity index (χ1v) is 7.10. The van der Waals surface area contributed by atoms with Gasteiger partial charge in [0, 0.05) is 12.3 Å². The maximum Gasteiger partial charge on any atom is 0.151 e. The molecular formula is C10H18O3S. The first-order valence-electron chi connectivity index (χ1n) is 5.28. The fourth-order valence-corrected chi connectivity index (χ4v) is 3.58. The van der Waals surface area contributed by atoms with Crippen LogP contribution in [-0.2, 0) is 14.6 Å². The third-order valence-corrected chi connectivity index (χ3v) is 4.48. The molecule has 1 saturated heterocycles. The number of carbonyl (C=O) groups excluding carboxylic acids is 1. The van der Waals surface area contributed by atoms with Crippen molar-refractivity contribution in [2.45, 2.75) is 39.0 Å². The Morgan fingerprint density at radius 3 is 2.57 bits per heavy atom. The van der Waals surface area contributed by atoms with E-state index in [1.54, 1.807) is 0 Å². The molecule has 14 heavy (non-hydrogen) atoms. The van der Waals surface area contributed by atoms with Crippen LogP contribution in [0, 0.1) is 5.92 Å². The van der Waals surface area contributed by atoms with Crippen LogP contribution in [0.4, 0.5) is 0 Å². The summed E-state index contributed by atoms with van der Waals surface area (Å²) in [6, 6.07) is 0. The molecule has 1 aliphatic rings. The maximum absolute atomic E-state index is 11.5. The molecule has 0 spiro atoms. The molecule has 1 atom stereocenters. The van der Waals surface area contributed by atoms with Crippen LogP contribution in [-0.4, -0.2) is 25.7 Å². The van der Waals surface area contributed by atoms with Gasteiger partial charge in [-0.3, -0.25) is 4.79 Å². The van der Waals surface area contributed by atoms with E-state index in [-0.39, 0.29) is 23.2 Å². The fraction of sp³-hybridized carbons (Fsp3) is 0.900. The second-order valence-corrected chi connectivity index (χ2v) is 6.25. The Bertz CT molecular complexity index is 292. The number of sulfone groups is 1. The fourth-order valence-electron chi connectivity index (χ4n) is 1.80. The standard InChI is InChI=1S/C10H18O3S/c1-2-3-4-5-10(11)9-6-7-14(12,13)8-9/h9H,2-8H2,1H3. The molecule has 0 aromatic carbocycles. The Kier molecular flexibility index (Phi) is 4.11. The number of hydrogen-bond acceptors (Lipinski definition) is 3. The Labute approximate surface area is 85.8 Å². The van der Waals surface area contributed by atoms with Crippen LogP contribution in [0.1, 0.15) is 39.0 Å². The normalized spacial score (nSPS) is 25.1. The Morgan fingerprint density at radius 2 is 2.07 bits per heavy atom. The minimum Gasteiger partial charge on any atom is -0.299 e. The SMILES string of the molecule is CCCCCC(=O)C1CCS(=O)(=O)C1. The average molecular weight is 218 g/mol. The summed E-state index contributed by atoms with van der Waals surface area (Å²) < 4.78 is 22.2. The lowest BCUT2D eigenvalue weighted by atomic mass is 9.99. The van der Waals surface area contributed by atoms with Gasteiger partial charge in [0.2, 0.25) is 0 Å². The number of rotatable bonds is 5. The van der Waals surface area contributed by atoms with Crippen molar-refractivity contribution in [2.75, 3.05) is 11.5 Å². The first kappa shape index (κ1) is 11.7. The second-order valence-electron chi connectivity index (χ2n) is 4.02. The molecule has 3 nitrogen and oxygen atoms in total. The van der Waals surface area contributed by atoms with Crippen molar-refractivity contribution in [1.82, 2.24) is 0 Å². The topological polar surface area (TPSA) is 51.2 Å². The van der Waals surface area contributed by atoms with E-state index in [0.29, 0.717) is 12.8 Å². The van der Waals surface area contributed by atoms with Crippen LogP contribution in [0.5, 0.6) is 0 Å². The van der Waals surface area contributed by atoms with Crippen LogP contribution in [0.2, 0.25) is 0 Å². The largest absolute Gasteiger partial charge is 0.299 e. The van der Waals surface area contributed by atoms with E-state index in [0.717, 1.165) is 19.3 Å². The van der Waals surface area contributed by atoms with Crippen molar-refractivity contribution in [3.63, 3.8) is 0 Å². The van der Waals surface area contributed by atoms with Gasteiger partial charge in [-0.05, 0) is 12.8 Å². The summed E-state index contributed by atoms with van der Waals surface area (Å²) in [5.74, 6) is 0.256. The molecule has 4 heteroatoms. The van der Waals surface area contributed by atoms with Gasteiger partial charge < -0.3 is 0 Å². The molecule has 0 bridgehead atoms. The number of unbranched alkanes of at least 4 members (excludes halogenated alkanes) is 2. The van der Waals surface area contributed by atoms with E-state index in [1.807, 2.05) is 0 Å². The molecule has 82 valence electrons. The van der Waals surface area contributed by atoms with Gasteiger partial charge in [0.05, 0.1) is 11.5 Å². The molecule has 1 fully saturated rings. The van der Waals surface area contributed by atoms with Crippen molar-refractivity contribution in [3.05, 3.63) is 0 Å². The van der Waals surface area contributed by atoms with Crippen molar-refractivity contribution >= 4 is 15.6 Å². The monoisotopic (exact) mass is 218 g/mol. The maximum atomic E-state index is 11.5. The van der Waals surface area contributed by atoms with Gasteiger partial charge in [-0.25, -0.2) is 8.42 Å².